The molecule has 1 heterocycles. The fraction of sp³-hybridized carbons (Fsp3) is 0.250. The molecule has 0 saturated carbocycles. The highest BCUT2D eigenvalue weighted by atomic mass is 16.5. The predicted molar refractivity (Wildman–Crippen MR) is 79.2 cm³/mol. The first-order valence-corrected chi connectivity index (χ1v) is 6.58. The van der Waals surface area contributed by atoms with Gasteiger partial charge in [-0.05, 0) is 17.7 Å². The van der Waals surface area contributed by atoms with Crippen LogP contribution in [0.1, 0.15) is 11.5 Å². The number of anilines is 2. The van der Waals surface area contributed by atoms with Gasteiger partial charge in [0.1, 0.15) is 11.4 Å². The van der Waals surface area contributed by atoms with Crippen LogP contribution in [0.2, 0.25) is 0 Å². The lowest BCUT2D eigenvalue weighted by Gasteiger charge is -2.15. The van der Waals surface area contributed by atoms with Crippen molar-refractivity contribution in [2.45, 2.75) is 5.92 Å². The molecule has 3 nitrogen and oxygen atoms in total. The van der Waals surface area contributed by atoms with Crippen LogP contribution in [0.5, 0.6) is 5.75 Å². The zero-order chi connectivity index (χ0) is 13.1. The average molecular weight is 254 g/mol. The first-order chi connectivity index (χ1) is 9.38. The Bertz CT molecular complexity index is 554. The monoisotopic (exact) mass is 254 g/mol. The van der Waals surface area contributed by atoms with Crippen LogP contribution >= 0.6 is 0 Å². The van der Waals surface area contributed by atoms with Crippen LogP contribution in [-0.2, 0) is 0 Å². The van der Waals surface area contributed by atoms with E-state index in [2.05, 4.69) is 47.0 Å². The van der Waals surface area contributed by atoms with E-state index in [1.54, 1.807) is 7.11 Å². The van der Waals surface area contributed by atoms with E-state index in [4.69, 9.17) is 4.74 Å². The Morgan fingerprint density at radius 2 is 1.74 bits per heavy atom. The fourth-order valence-corrected chi connectivity index (χ4v) is 2.52. The summed E-state index contributed by atoms with van der Waals surface area (Å²) in [4.78, 5) is 0. The number of para-hydroxylation sites is 1. The number of methoxy groups -OCH3 is 1. The Hall–Kier alpha value is -2.16. The second-order valence-electron chi connectivity index (χ2n) is 4.75. The van der Waals surface area contributed by atoms with E-state index >= 15 is 0 Å². The van der Waals surface area contributed by atoms with Crippen LogP contribution < -0.4 is 15.4 Å². The number of nitrogens with one attached hydrogen (secondary N) is 2. The third-order valence-corrected chi connectivity index (χ3v) is 3.58. The molecule has 0 saturated heterocycles. The summed E-state index contributed by atoms with van der Waals surface area (Å²) in [6, 6.07) is 16.7. The second-order valence-corrected chi connectivity index (χ2v) is 4.75. The van der Waals surface area contributed by atoms with Gasteiger partial charge < -0.3 is 15.4 Å². The van der Waals surface area contributed by atoms with Crippen molar-refractivity contribution in [1.29, 1.82) is 0 Å². The van der Waals surface area contributed by atoms with Gasteiger partial charge in [-0.1, -0.05) is 36.4 Å². The number of rotatable bonds is 2. The van der Waals surface area contributed by atoms with Gasteiger partial charge in [-0.25, -0.2) is 0 Å². The molecule has 2 aromatic carbocycles. The summed E-state index contributed by atoms with van der Waals surface area (Å²) in [6.07, 6.45) is 0. The van der Waals surface area contributed by atoms with Crippen molar-refractivity contribution in [2.75, 3.05) is 30.8 Å². The molecule has 3 rings (SSSR count). The number of fused-ring (bicyclic) bond motifs is 1. The first-order valence-electron chi connectivity index (χ1n) is 6.58. The standard InChI is InChI=1S/C16H18N2O/c1-19-15-9-5-8-14-16(15)18-11-13(10-17-14)12-6-3-2-4-7-12/h2-9,13,17-18H,10-11H2,1H3. The summed E-state index contributed by atoms with van der Waals surface area (Å²) in [5, 5.41) is 7.01. The fourth-order valence-electron chi connectivity index (χ4n) is 2.52. The van der Waals surface area contributed by atoms with Gasteiger partial charge in [-0.2, -0.15) is 0 Å². The topological polar surface area (TPSA) is 33.3 Å². The van der Waals surface area contributed by atoms with Crippen LogP contribution in [-0.4, -0.2) is 20.2 Å². The van der Waals surface area contributed by atoms with Crippen molar-refractivity contribution in [3.8, 4) is 5.75 Å². The Balaban J connectivity index is 1.85. The third-order valence-electron chi connectivity index (χ3n) is 3.58. The van der Waals surface area contributed by atoms with Crippen LogP contribution in [0.4, 0.5) is 11.4 Å². The van der Waals surface area contributed by atoms with Crippen molar-refractivity contribution >= 4 is 11.4 Å². The van der Waals surface area contributed by atoms with Crippen LogP contribution in [0.3, 0.4) is 0 Å². The molecule has 0 aromatic heterocycles. The Morgan fingerprint density at radius 3 is 2.53 bits per heavy atom. The lowest BCUT2D eigenvalue weighted by Crippen LogP contribution is -2.16. The lowest BCUT2D eigenvalue weighted by molar-refractivity contribution is 0.416. The molecule has 0 spiro atoms. The molecule has 1 aliphatic rings. The number of hydrogen-bond donors (Lipinski definition) is 2. The summed E-state index contributed by atoms with van der Waals surface area (Å²) in [7, 11) is 1.71. The van der Waals surface area contributed by atoms with E-state index < -0.39 is 0 Å². The van der Waals surface area contributed by atoms with Crippen LogP contribution in [0.25, 0.3) is 0 Å². The maximum atomic E-state index is 5.41. The Kier molecular flexibility index (Phi) is 3.27. The van der Waals surface area contributed by atoms with E-state index in [9.17, 15) is 0 Å². The third kappa shape index (κ3) is 2.36. The molecule has 0 radical (unpaired) electrons. The minimum atomic E-state index is 0.457. The average Bonchev–Trinajstić information content (AvgIpc) is 2.70. The molecule has 1 aliphatic heterocycles. The van der Waals surface area contributed by atoms with Crippen molar-refractivity contribution in [2.24, 2.45) is 0 Å². The van der Waals surface area contributed by atoms with Crippen LogP contribution in [0, 0.1) is 0 Å². The molecule has 0 bridgehead atoms. The number of ether oxygens (including phenoxy) is 1. The highest BCUT2D eigenvalue weighted by Gasteiger charge is 2.18. The van der Waals surface area contributed by atoms with Gasteiger partial charge >= 0.3 is 0 Å². The van der Waals surface area contributed by atoms with Gasteiger partial charge in [0.05, 0.1) is 12.8 Å². The highest BCUT2D eigenvalue weighted by Crippen LogP contribution is 2.35. The van der Waals surface area contributed by atoms with Crippen molar-refractivity contribution in [3.05, 3.63) is 54.1 Å². The van der Waals surface area contributed by atoms with Gasteiger partial charge in [-0.3, -0.25) is 0 Å². The highest BCUT2D eigenvalue weighted by molar-refractivity contribution is 5.76. The minimum Gasteiger partial charge on any atom is -0.495 e. The van der Waals surface area contributed by atoms with Crippen molar-refractivity contribution in [1.82, 2.24) is 0 Å². The predicted octanol–water partition coefficient (Wildman–Crippen LogP) is 3.32. The van der Waals surface area contributed by atoms with Crippen molar-refractivity contribution < 1.29 is 4.74 Å². The summed E-state index contributed by atoms with van der Waals surface area (Å²) < 4.78 is 5.41. The largest absolute Gasteiger partial charge is 0.495 e. The summed E-state index contributed by atoms with van der Waals surface area (Å²) >= 11 is 0. The van der Waals surface area contributed by atoms with E-state index in [0.29, 0.717) is 5.92 Å². The van der Waals surface area contributed by atoms with E-state index in [1.165, 1.54) is 5.56 Å². The molecule has 19 heavy (non-hydrogen) atoms. The molecule has 0 fully saturated rings. The summed E-state index contributed by atoms with van der Waals surface area (Å²) in [5.74, 6) is 1.34. The molecular formula is C16H18N2O. The normalized spacial score (nSPS) is 17.6. The SMILES string of the molecule is COc1cccc2c1NCC(c1ccccc1)CN2. The molecule has 2 N–H and O–H groups in total. The molecule has 1 unspecified atom stereocenters. The quantitative estimate of drug-likeness (QED) is 0.862. The van der Waals surface area contributed by atoms with Crippen LogP contribution in [0.15, 0.2) is 48.5 Å². The van der Waals surface area contributed by atoms with Gasteiger partial charge in [0.2, 0.25) is 0 Å². The van der Waals surface area contributed by atoms with Gasteiger partial charge in [0.15, 0.2) is 0 Å². The molecule has 0 amide bonds. The Morgan fingerprint density at radius 1 is 0.947 bits per heavy atom. The summed E-state index contributed by atoms with van der Waals surface area (Å²) in [6.45, 7) is 1.83. The molecular weight excluding hydrogens is 236 g/mol. The Labute approximate surface area is 113 Å². The van der Waals surface area contributed by atoms with Crippen molar-refractivity contribution in [3.63, 3.8) is 0 Å². The molecule has 2 aromatic rings. The molecule has 1 atom stereocenters. The van der Waals surface area contributed by atoms with E-state index in [1.807, 2.05) is 12.1 Å². The van der Waals surface area contributed by atoms with Gasteiger partial charge in [-0.15, -0.1) is 0 Å². The lowest BCUT2D eigenvalue weighted by atomic mass is 9.99. The summed E-state index contributed by atoms with van der Waals surface area (Å²) in [5.41, 5.74) is 3.52. The maximum Gasteiger partial charge on any atom is 0.144 e. The number of hydrogen-bond acceptors (Lipinski definition) is 3. The van der Waals surface area contributed by atoms with E-state index in [-0.39, 0.29) is 0 Å². The molecule has 3 heteroatoms. The molecule has 0 aliphatic carbocycles. The zero-order valence-corrected chi connectivity index (χ0v) is 11.0. The van der Waals surface area contributed by atoms with E-state index in [0.717, 1.165) is 30.2 Å². The van der Waals surface area contributed by atoms with Gasteiger partial charge in [0.25, 0.3) is 0 Å². The molecule has 98 valence electrons. The maximum absolute atomic E-state index is 5.41. The first kappa shape index (κ1) is 11.9. The zero-order valence-electron chi connectivity index (χ0n) is 11.0. The smallest absolute Gasteiger partial charge is 0.144 e. The number of benzene rings is 2. The second kappa shape index (κ2) is 5.22. The van der Waals surface area contributed by atoms with Gasteiger partial charge in [0, 0.05) is 19.0 Å². The minimum absolute atomic E-state index is 0.457.